The Labute approximate surface area is 195 Å². The van der Waals surface area contributed by atoms with Crippen molar-refractivity contribution in [2.24, 2.45) is 11.8 Å². The lowest BCUT2D eigenvalue weighted by atomic mass is 9.73. The van der Waals surface area contributed by atoms with Crippen molar-refractivity contribution in [3.8, 4) is 0 Å². The van der Waals surface area contributed by atoms with Crippen LogP contribution in [-0.4, -0.2) is 82.3 Å². The number of aliphatic hydroxyl groups excluding tert-OH is 1. The molecule has 0 aliphatic carbocycles. The third kappa shape index (κ3) is 3.71. The molecule has 2 saturated heterocycles. The average Bonchev–Trinajstić information content (AvgIpc) is 3.05. The zero-order valence-electron chi connectivity index (χ0n) is 19.9. The van der Waals surface area contributed by atoms with E-state index in [0.717, 1.165) is 25.7 Å². The molecule has 0 saturated carbocycles. The summed E-state index contributed by atoms with van der Waals surface area (Å²) < 4.78 is 12.2. The minimum absolute atomic E-state index is 0.0327. The topological polar surface area (TPSA) is 96.4 Å². The van der Waals surface area contributed by atoms with Gasteiger partial charge in [-0.3, -0.25) is 14.4 Å². The lowest BCUT2D eigenvalue weighted by Gasteiger charge is -2.39. The molecule has 4 rings (SSSR count). The number of unbranched alkanes of at least 4 members (excludes halogenated alkanes) is 3. The Hall–Kier alpha value is -2.19. The Morgan fingerprint density at radius 1 is 1.06 bits per heavy atom. The molecule has 5 atom stereocenters. The molecule has 4 heterocycles. The number of amides is 2. The second-order valence-electron chi connectivity index (χ2n) is 9.81. The maximum Gasteiger partial charge on any atom is 0.313 e. The normalized spacial score (nSPS) is 35.4. The zero-order valence-corrected chi connectivity index (χ0v) is 19.9. The van der Waals surface area contributed by atoms with Crippen LogP contribution in [0.1, 0.15) is 52.9 Å². The number of nitrogens with zero attached hydrogens (tertiary/aromatic N) is 2. The molecule has 2 fully saturated rings. The monoisotopic (exact) mass is 460 g/mol. The number of likely N-dealkylation sites (tertiary alicyclic amines) is 1. The fourth-order valence-electron chi connectivity index (χ4n) is 6.07. The molecule has 1 N–H and O–H groups in total. The van der Waals surface area contributed by atoms with Crippen molar-refractivity contribution in [1.82, 2.24) is 9.80 Å². The molecule has 0 aromatic rings. The summed E-state index contributed by atoms with van der Waals surface area (Å²) in [5.41, 5.74) is -2.18. The molecule has 8 heteroatoms. The number of ether oxygens (including phenoxy) is 2. The van der Waals surface area contributed by atoms with Crippen LogP contribution in [0.3, 0.4) is 0 Å². The second-order valence-corrected chi connectivity index (χ2v) is 9.81. The highest BCUT2D eigenvalue weighted by molar-refractivity contribution is 5.99. The van der Waals surface area contributed by atoms with Crippen molar-refractivity contribution >= 4 is 17.8 Å². The van der Waals surface area contributed by atoms with E-state index in [1.165, 1.54) is 0 Å². The molecule has 0 aromatic heterocycles. The first-order valence-electron chi connectivity index (χ1n) is 12.3. The van der Waals surface area contributed by atoms with Gasteiger partial charge >= 0.3 is 5.97 Å². The first-order valence-corrected chi connectivity index (χ1v) is 12.3. The van der Waals surface area contributed by atoms with Crippen LogP contribution in [0.4, 0.5) is 0 Å². The minimum atomic E-state index is -1.20. The molecule has 8 nitrogen and oxygen atoms in total. The van der Waals surface area contributed by atoms with Crippen LogP contribution in [0.2, 0.25) is 0 Å². The van der Waals surface area contributed by atoms with Crippen molar-refractivity contribution in [2.75, 3.05) is 26.3 Å². The van der Waals surface area contributed by atoms with Gasteiger partial charge in [-0.05, 0) is 39.2 Å². The highest BCUT2D eigenvalue weighted by Gasteiger charge is 2.75. The number of carbonyl (C=O) groups excluding carboxylic acids is 3. The SMILES string of the molecule is CC[C@@]12C=CCOC(=O)[C@@H]1[C@H]1C(=O)N(CCCCCCO)C3C(=O)N(C(C)C)CC=C[C@@]31O2. The van der Waals surface area contributed by atoms with Crippen LogP contribution in [0.5, 0.6) is 0 Å². The summed E-state index contributed by atoms with van der Waals surface area (Å²) in [7, 11) is 0. The van der Waals surface area contributed by atoms with E-state index in [-0.39, 0.29) is 31.1 Å². The summed E-state index contributed by atoms with van der Waals surface area (Å²) >= 11 is 0. The Morgan fingerprint density at radius 3 is 2.52 bits per heavy atom. The smallest absolute Gasteiger partial charge is 0.313 e. The molecule has 0 bridgehead atoms. The number of esters is 1. The maximum absolute atomic E-state index is 13.9. The summed E-state index contributed by atoms with van der Waals surface area (Å²) in [6.45, 7) is 7.02. The predicted octanol–water partition coefficient (Wildman–Crippen LogP) is 1.82. The molecular weight excluding hydrogens is 424 g/mol. The highest BCUT2D eigenvalue weighted by atomic mass is 16.6. The van der Waals surface area contributed by atoms with Crippen LogP contribution in [0, 0.1) is 11.8 Å². The predicted molar refractivity (Wildman–Crippen MR) is 121 cm³/mol. The van der Waals surface area contributed by atoms with Crippen molar-refractivity contribution in [2.45, 2.75) is 76.2 Å². The third-order valence-corrected chi connectivity index (χ3v) is 7.66. The van der Waals surface area contributed by atoms with E-state index in [0.29, 0.717) is 19.5 Å². The van der Waals surface area contributed by atoms with E-state index in [1.54, 1.807) is 15.9 Å². The molecule has 0 radical (unpaired) electrons. The average molecular weight is 461 g/mol. The number of hydrogen-bond donors (Lipinski definition) is 1. The third-order valence-electron chi connectivity index (χ3n) is 7.66. The van der Waals surface area contributed by atoms with E-state index in [2.05, 4.69) is 0 Å². The maximum atomic E-state index is 13.9. The van der Waals surface area contributed by atoms with Gasteiger partial charge in [-0.2, -0.15) is 0 Å². The van der Waals surface area contributed by atoms with Crippen LogP contribution in [-0.2, 0) is 23.9 Å². The number of cyclic esters (lactones) is 1. The minimum Gasteiger partial charge on any atom is -0.461 e. The summed E-state index contributed by atoms with van der Waals surface area (Å²) in [6.07, 6.45) is 11.1. The van der Waals surface area contributed by atoms with Crippen molar-refractivity contribution in [3.05, 3.63) is 24.3 Å². The Bertz CT molecular complexity index is 854. The van der Waals surface area contributed by atoms with Gasteiger partial charge in [0.1, 0.15) is 29.8 Å². The number of carbonyl (C=O) groups is 3. The number of rotatable bonds is 8. The Balaban J connectivity index is 1.76. The van der Waals surface area contributed by atoms with Crippen molar-refractivity contribution < 1.29 is 29.0 Å². The van der Waals surface area contributed by atoms with Gasteiger partial charge in [0, 0.05) is 25.7 Å². The molecule has 33 heavy (non-hydrogen) atoms. The number of fused-ring (bicyclic) bond motifs is 2. The van der Waals surface area contributed by atoms with Gasteiger partial charge in [0.15, 0.2) is 0 Å². The van der Waals surface area contributed by atoms with Gasteiger partial charge in [-0.25, -0.2) is 0 Å². The molecule has 1 unspecified atom stereocenters. The van der Waals surface area contributed by atoms with Gasteiger partial charge in [0.05, 0.1) is 5.92 Å². The van der Waals surface area contributed by atoms with E-state index in [4.69, 9.17) is 14.6 Å². The lowest BCUT2D eigenvalue weighted by Crippen LogP contribution is -2.57. The second kappa shape index (κ2) is 9.22. The first-order chi connectivity index (χ1) is 15.8. The van der Waals surface area contributed by atoms with Crippen molar-refractivity contribution in [3.63, 3.8) is 0 Å². The molecule has 2 amide bonds. The highest BCUT2D eigenvalue weighted by Crippen LogP contribution is 2.58. The van der Waals surface area contributed by atoms with Crippen LogP contribution < -0.4 is 0 Å². The largest absolute Gasteiger partial charge is 0.461 e. The standard InChI is InChI=1S/C25H36N2O6/c1-4-24-11-10-16-32-23(31)19(24)18-21(29)27(13-7-5-6-8-15-28)20-22(30)26(17(2)3)14-9-12-25(18,20)33-24/h9-12,17-20,28H,4-8,13-16H2,1-3H3/t18-,19-,20?,24+,25-/m0/s1. The number of hydrogen-bond acceptors (Lipinski definition) is 6. The molecule has 0 aromatic carbocycles. The summed E-state index contributed by atoms with van der Waals surface area (Å²) in [4.78, 5) is 44.4. The molecule has 182 valence electrons. The summed E-state index contributed by atoms with van der Waals surface area (Å²) in [6, 6.07) is -0.847. The quantitative estimate of drug-likeness (QED) is 0.337. The van der Waals surface area contributed by atoms with Crippen LogP contribution in [0.25, 0.3) is 0 Å². The fourth-order valence-corrected chi connectivity index (χ4v) is 6.07. The molecule has 4 aliphatic rings. The van der Waals surface area contributed by atoms with Crippen LogP contribution in [0.15, 0.2) is 24.3 Å². The van der Waals surface area contributed by atoms with Gasteiger partial charge < -0.3 is 24.4 Å². The Morgan fingerprint density at radius 2 is 1.82 bits per heavy atom. The summed E-state index contributed by atoms with van der Waals surface area (Å²) in [5.74, 6) is -2.38. The van der Waals surface area contributed by atoms with Crippen LogP contribution >= 0.6 is 0 Å². The first kappa shape index (κ1) is 24.0. The van der Waals surface area contributed by atoms with Gasteiger partial charge in [0.2, 0.25) is 11.8 Å². The Kier molecular flexibility index (Phi) is 6.69. The molecule has 1 spiro atoms. The van der Waals surface area contributed by atoms with E-state index in [1.807, 2.05) is 39.0 Å². The lowest BCUT2D eigenvalue weighted by molar-refractivity contribution is -0.159. The summed E-state index contributed by atoms with van der Waals surface area (Å²) in [5, 5.41) is 9.05. The van der Waals surface area contributed by atoms with Gasteiger partial charge in [0.25, 0.3) is 0 Å². The number of aliphatic hydroxyl groups is 1. The zero-order chi connectivity index (χ0) is 23.8. The molecular formula is C25H36N2O6. The van der Waals surface area contributed by atoms with E-state index in [9.17, 15) is 14.4 Å². The van der Waals surface area contributed by atoms with E-state index >= 15 is 0 Å². The molecule has 4 aliphatic heterocycles. The van der Waals surface area contributed by atoms with Gasteiger partial charge in [-0.15, -0.1) is 0 Å². The van der Waals surface area contributed by atoms with Crippen molar-refractivity contribution in [1.29, 1.82) is 0 Å². The van der Waals surface area contributed by atoms with Gasteiger partial charge in [-0.1, -0.05) is 38.0 Å². The van der Waals surface area contributed by atoms with E-state index < -0.39 is 35.0 Å². The fraction of sp³-hybridized carbons (Fsp3) is 0.720.